The Balaban J connectivity index is 1.63. The summed E-state index contributed by atoms with van der Waals surface area (Å²) in [6.45, 7) is 3.86. The molecule has 2 saturated carbocycles. The molecular formula is C22H33FO5S. The van der Waals surface area contributed by atoms with Crippen molar-refractivity contribution in [3.8, 4) is 0 Å². The number of carbonyl (C=O) groups is 1. The molecule has 29 heavy (non-hydrogen) atoms. The smallest absolute Gasteiger partial charge is 0.302 e. The molecule has 0 spiro atoms. The third-order valence-electron chi connectivity index (χ3n) is 8.22. The number of carbonyl (C=O) groups excluding carboxylic acids is 1. The molecular weight excluding hydrogens is 395 g/mol. The highest BCUT2D eigenvalue weighted by Crippen LogP contribution is 2.62. The van der Waals surface area contributed by atoms with Crippen LogP contribution in [0.25, 0.3) is 0 Å². The molecule has 0 aromatic carbocycles. The first-order valence-corrected chi connectivity index (χ1v) is 12.8. The average Bonchev–Trinajstić information content (AvgIpc) is 2.95. The van der Waals surface area contributed by atoms with Gasteiger partial charge in [0.05, 0.1) is 12.9 Å². The van der Waals surface area contributed by atoms with Gasteiger partial charge in [0.15, 0.2) is 0 Å². The third-order valence-corrected chi connectivity index (χ3v) is 8.78. The van der Waals surface area contributed by atoms with E-state index in [4.69, 9.17) is 8.92 Å². The van der Waals surface area contributed by atoms with Crippen molar-refractivity contribution in [1.82, 2.24) is 0 Å². The monoisotopic (exact) mass is 428 g/mol. The van der Waals surface area contributed by atoms with Gasteiger partial charge in [-0.05, 0) is 62.7 Å². The molecule has 0 amide bonds. The molecule has 0 unspecified atom stereocenters. The number of hydrogen-bond donors (Lipinski definition) is 0. The molecule has 0 bridgehead atoms. The molecule has 7 heteroatoms. The van der Waals surface area contributed by atoms with Crippen molar-refractivity contribution in [1.29, 1.82) is 0 Å². The van der Waals surface area contributed by atoms with Crippen LogP contribution in [0.15, 0.2) is 11.1 Å². The number of allylic oxidation sites excluding steroid dienone is 1. The van der Waals surface area contributed by atoms with Crippen LogP contribution < -0.4 is 0 Å². The quantitative estimate of drug-likeness (QED) is 0.382. The van der Waals surface area contributed by atoms with Gasteiger partial charge in [-0.2, -0.15) is 8.42 Å². The van der Waals surface area contributed by atoms with E-state index in [-0.39, 0.29) is 30.0 Å². The van der Waals surface area contributed by atoms with Gasteiger partial charge in [-0.1, -0.05) is 18.1 Å². The number of ether oxygens (including phenoxy) is 1. The first-order valence-electron chi connectivity index (χ1n) is 11.0. The van der Waals surface area contributed by atoms with Crippen molar-refractivity contribution in [2.75, 3.05) is 12.9 Å². The molecule has 7 atom stereocenters. The maximum atomic E-state index is 14.2. The summed E-state index contributed by atoms with van der Waals surface area (Å²) in [7, 11) is -3.53. The van der Waals surface area contributed by atoms with E-state index in [1.54, 1.807) is 0 Å². The second-order valence-electron chi connectivity index (χ2n) is 9.91. The second kappa shape index (κ2) is 7.63. The molecule has 4 aliphatic rings. The molecule has 0 saturated heterocycles. The van der Waals surface area contributed by atoms with Crippen LogP contribution >= 0.6 is 0 Å². The van der Waals surface area contributed by atoms with Crippen molar-refractivity contribution < 1.29 is 26.5 Å². The molecule has 0 aliphatic heterocycles. The Labute approximate surface area is 173 Å². The SMILES string of the molecule is CC(=O)O[C@H]1CC[C@H]2[C@@H]3C[C@@H](COS(C)(=O)=O)C4=C(CC[C@@H](F)C4)[C@H]3CC[C@]12C. The summed E-state index contributed by atoms with van der Waals surface area (Å²) in [4.78, 5) is 11.6. The van der Waals surface area contributed by atoms with Crippen LogP contribution in [0.2, 0.25) is 0 Å². The summed E-state index contributed by atoms with van der Waals surface area (Å²) in [5.74, 6) is 1.09. The van der Waals surface area contributed by atoms with Gasteiger partial charge in [-0.15, -0.1) is 0 Å². The topological polar surface area (TPSA) is 69.7 Å². The van der Waals surface area contributed by atoms with Crippen molar-refractivity contribution >= 4 is 16.1 Å². The lowest BCUT2D eigenvalue weighted by atomic mass is 9.52. The Morgan fingerprint density at radius 1 is 1.21 bits per heavy atom. The third kappa shape index (κ3) is 4.01. The van der Waals surface area contributed by atoms with Crippen LogP contribution in [0.1, 0.15) is 65.2 Å². The largest absolute Gasteiger partial charge is 0.462 e. The van der Waals surface area contributed by atoms with E-state index >= 15 is 0 Å². The van der Waals surface area contributed by atoms with E-state index in [9.17, 15) is 17.6 Å². The molecule has 4 rings (SSSR count). The van der Waals surface area contributed by atoms with E-state index < -0.39 is 16.3 Å². The fourth-order valence-corrected chi connectivity index (χ4v) is 7.45. The van der Waals surface area contributed by atoms with Crippen molar-refractivity contribution in [2.24, 2.45) is 29.1 Å². The number of hydrogen-bond acceptors (Lipinski definition) is 5. The number of halogens is 1. The van der Waals surface area contributed by atoms with Crippen LogP contribution in [0.3, 0.4) is 0 Å². The standard InChI is InChI=1S/C22H33FO5S/c1-13(24)28-21-7-6-20-19-10-14(12-27-29(3,25)26)18-11-15(23)4-5-16(18)17(19)8-9-22(20,21)2/h14-15,17,19-21H,4-12H2,1-3H3/t14-,15+,17+,19+,20-,21-,22-/m0/s1. The molecule has 5 nitrogen and oxygen atoms in total. The van der Waals surface area contributed by atoms with E-state index in [1.165, 1.54) is 12.5 Å². The summed E-state index contributed by atoms with van der Waals surface area (Å²) in [5, 5.41) is 0. The lowest BCUT2D eigenvalue weighted by molar-refractivity contribution is -0.155. The molecule has 0 N–H and O–H groups in total. The van der Waals surface area contributed by atoms with Gasteiger partial charge in [0.25, 0.3) is 10.1 Å². The normalized spacial score (nSPS) is 42.1. The highest BCUT2D eigenvalue weighted by molar-refractivity contribution is 7.85. The Hall–Kier alpha value is -0.950. The van der Waals surface area contributed by atoms with Gasteiger partial charge in [0.2, 0.25) is 0 Å². The van der Waals surface area contributed by atoms with Crippen LogP contribution in [-0.2, 0) is 23.8 Å². The highest BCUT2D eigenvalue weighted by atomic mass is 32.2. The van der Waals surface area contributed by atoms with Crippen LogP contribution in [0.5, 0.6) is 0 Å². The highest BCUT2D eigenvalue weighted by Gasteiger charge is 2.57. The van der Waals surface area contributed by atoms with E-state index in [1.807, 2.05) is 0 Å². The minimum atomic E-state index is -3.53. The zero-order valence-electron chi connectivity index (χ0n) is 17.7. The summed E-state index contributed by atoms with van der Waals surface area (Å²) >= 11 is 0. The average molecular weight is 429 g/mol. The van der Waals surface area contributed by atoms with Gasteiger partial charge in [0.1, 0.15) is 12.3 Å². The molecule has 0 heterocycles. The van der Waals surface area contributed by atoms with Crippen LogP contribution in [0.4, 0.5) is 4.39 Å². The lowest BCUT2D eigenvalue weighted by Crippen LogP contribution is -2.48. The van der Waals surface area contributed by atoms with Gasteiger partial charge in [-0.3, -0.25) is 8.98 Å². The minimum absolute atomic E-state index is 0.0234. The molecule has 0 aromatic heterocycles. The van der Waals surface area contributed by atoms with Gasteiger partial charge >= 0.3 is 5.97 Å². The molecule has 4 aliphatic carbocycles. The Morgan fingerprint density at radius 2 is 1.97 bits per heavy atom. The molecule has 0 aromatic rings. The van der Waals surface area contributed by atoms with Crippen LogP contribution in [-0.4, -0.2) is 39.5 Å². The Morgan fingerprint density at radius 3 is 2.66 bits per heavy atom. The van der Waals surface area contributed by atoms with Crippen molar-refractivity contribution in [2.45, 2.75) is 77.5 Å². The molecule has 0 radical (unpaired) electrons. The summed E-state index contributed by atoms with van der Waals surface area (Å²) < 4.78 is 48.3. The zero-order valence-corrected chi connectivity index (χ0v) is 18.5. The Kier molecular flexibility index (Phi) is 5.60. The van der Waals surface area contributed by atoms with E-state index in [2.05, 4.69) is 6.92 Å². The fraction of sp³-hybridized carbons (Fsp3) is 0.864. The lowest BCUT2D eigenvalue weighted by Gasteiger charge is -2.53. The predicted molar refractivity (Wildman–Crippen MR) is 107 cm³/mol. The number of esters is 1. The molecule has 164 valence electrons. The maximum absolute atomic E-state index is 14.2. The number of fused-ring (bicyclic) bond motifs is 4. The summed E-state index contributed by atoms with van der Waals surface area (Å²) in [5.41, 5.74) is 2.49. The summed E-state index contributed by atoms with van der Waals surface area (Å²) in [6.07, 6.45) is 6.83. The van der Waals surface area contributed by atoms with Gasteiger partial charge in [-0.25, -0.2) is 4.39 Å². The molecule has 2 fully saturated rings. The summed E-state index contributed by atoms with van der Waals surface area (Å²) in [6, 6.07) is 0. The number of alkyl halides is 1. The predicted octanol–water partition coefficient (Wildman–Crippen LogP) is 4.18. The minimum Gasteiger partial charge on any atom is -0.462 e. The van der Waals surface area contributed by atoms with Crippen LogP contribution in [0, 0.1) is 29.1 Å². The second-order valence-corrected chi connectivity index (χ2v) is 11.6. The fourth-order valence-electron chi connectivity index (χ4n) is 7.04. The maximum Gasteiger partial charge on any atom is 0.302 e. The number of rotatable bonds is 4. The van der Waals surface area contributed by atoms with Crippen molar-refractivity contribution in [3.05, 3.63) is 11.1 Å². The Bertz CT molecular complexity index is 806. The first kappa shape index (κ1) is 21.3. The van der Waals surface area contributed by atoms with Gasteiger partial charge in [0, 0.05) is 24.7 Å². The van der Waals surface area contributed by atoms with Crippen molar-refractivity contribution in [3.63, 3.8) is 0 Å². The first-order chi connectivity index (χ1) is 13.6. The van der Waals surface area contributed by atoms with E-state index in [0.29, 0.717) is 30.6 Å². The zero-order chi connectivity index (χ0) is 21.0. The van der Waals surface area contributed by atoms with E-state index in [0.717, 1.165) is 50.4 Å². The van der Waals surface area contributed by atoms with Gasteiger partial charge < -0.3 is 4.74 Å².